The quantitative estimate of drug-likeness (QED) is 0.492. The maximum atomic E-state index is 5.55. The Balaban J connectivity index is 2.71. The van der Waals surface area contributed by atoms with Gasteiger partial charge < -0.3 is 4.90 Å². The second-order valence-corrected chi connectivity index (χ2v) is 4.04. The zero-order chi connectivity index (χ0) is 9.90. The maximum absolute atomic E-state index is 5.55. The monoisotopic (exact) mass is 181 g/mol. The third-order valence-corrected chi connectivity index (χ3v) is 2.54. The van der Waals surface area contributed by atoms with Gasteiger partial charge in [-0.2, -0.15) is 0 Å². The summed E-state index contributed by atoms with van der Waals surface area (Å²) >= 11 is 0. The highest BCUT2D eigenvalue weighted by Gasteiger charge is 2.30. The first kappa shape index (κ1) is 10.4. The summed E-state index contributed by atoms with van der Waals surface area (Å²) in [6, 6.07) is 0. The van der Waals surface area contributed by atoms with Crippen molar-refractivity contribution in [3.8, 4) is 0 Å². The molecule has 0 heterocycles. The fourth-order valence-corrected chi connectivity index (χ4v) is 1.58. The number of allylic oxidation sites excluding steroid dienone is 2. The van der Waals surface area contributed by atoms with Crippen molar-refractivity contribution < 1.29 is 0 Å². The minimum Gasteiger partial charge on any atom is -0.309 e. The Hall–Kier alpha value is -0.640. The number of rotatable bonds is 3. The van der Waals surface area contributed by atoms with E-state index in [1.54, 1.807) is 0 Å². The lowest BCUT2D eigenvalue weighted by Gasteiger charge is -2.36. The van der Waals surface area contributed by atoms with Crippen LogP contribution < -0.4 is 11.3 Å². The Morgan fingerprint density at radius 1 is 1.46 bits per heavy atom. The molecule has 0 fully saturated rings. The second kappa shape index (κ2) is 4.05. The van der Waals surface area contributed by atoms with Crippen LogP contribution in [-0.2, 0) is 0 Å². The highest BCUT2D eigenvalue weighted by molar-refractivity contribution is 5.23. The van der Waals surface area contributed by atoms with Gasteiger partial charge in [0.25, 0.3) is 0 Å². The number of nitrogens with two attached hydrogens (primary N) is 1. The molecule has 0 radical (unpaired) electrons. The first-order valence-corrected chi connectivity index (χ1v) is 4.57. The van der Waals surface area contributed by atoms with E-state index in [0.717, 1.165) is 6.54 Å². The van der Waals surface area contributed by atoms with Gasteiger partial charge in [-0.05, 0) is 21.0 Å². The van der Waals surface area contributed by atoms with Gasteiger partial charge in [0.2, 0.25) is 0 Å². The molecular weight excluding hydrogens is 162 g/mol. The average molecular weight is 181 g/mol. The molecule has 0 spiro atoms. The van der Waals surface area contributed by atoms with Gasteiger partial charge in [0, 0.05) is 12.5 Å². The Morgan fingerprint density at radius 3 is 2.69 bits per heavy atom. The minimum atomic E-state index is -0.112. The van der Waals surface area contributed by atoms with Gasteiger partial charge in [0.05, 0.1) is 5.54 Å². The number of nitrogens with zero attached hydrogens (tertiary/aromatic N) is 1. The molecule has 1 aliphatic rings. The van der Waals surface area contributed by atoms with E-state index in [0.29, 0.717) is 5.92 Å². The van der Waals surface area contributed by atoms with E-state index < -0.39 is 0 Å². The molecule has 1 aliphatic carbocycles. The smallest absolute Gasteiger partial charge is 0.0550 e. The van der Waals surface area contributed by atoms with Crippen molar-refractivity contribution >= 4 is 0 Å². The predicted molar refractivity (Wildman–Crippen MR) is 56.1 cm³/mol. The molecule has 2 unspecified atom stereocenters. The third-order valence-electron chi connectivity index (χ3n) is 2.54. The summed E-state index contributed by atoms with van der Waals surface area (Å²) in [6.45, 7) is 3.11. The number of nitrogens with one attached hydrogen (secondary N) is 1. The second-order valence-electron chi connectivity index (χ2n) is 4.04. The van der Waals surface area contributed by atoms with Crippen LogP contribution in [0.2, 0.25) is 0 Å². The van der Waals surface area contributed by atoms with Crippen LogP contribution in [0.25, 0.3) is 0 Å². The molecule has 0 saturated heterocycles. The molecule has 0 bridgehead atoms. The molecule has 0 aromatic heterocycles. The van der Waals surface area contributed by atoms with Crippen LogP contribution in [0.3, 0.4) is 0 Å². The summed E-state index contributed by atoms with van der Waals surface area (Å²) in [5.74, 6) is 5.98. The lowest BCUT2D eigenvalue weighted by Crippen LogP contribution is -2.53. The SMILES string of the molecule is CN(C)CC1C=CC=CC1(C)NN. The van der Waals surface area contributed by atoms with E-state index in [1.165, 1.54) is 0 Å². The number of hydrogen-bond donors (Lipinski definition) is 2. The predicted octanol–water partition coefficient (Wildman–Crippen LogP) is 0.512. The summed E-state index contributed by atoms with van der Waals surface area (Å²) in [4.78, 5) is 2.17. The molecule has 13 heavy (non-hydrogen) atoms. The first-order chi connectivity index (χ1) is 6.08. The lowest BCUT2D eigenvalue weighted by atomic mass is 9.82. The highest BCUT2D eigenvalue weighted by Crippen LogP contribution is 2.23. The van der Waals surface area contributed by atoms with Crippen LogP contribution in [0.4, 0.5) is 0 Å². The largest absolute Gasteiger partial charge is 0.309 e. The Kier molecular flexibility index (Phi) is 3.25. The first-order valence-electron chi connectivity index (χ1n) is 4.57. The van der Waals surface area contributed by atoms with Gasteiger partial charge >= 0.3 is 0 Å². The number of hydrogen-bond acceptors (Lipinski definition) is 3. The van der Waals surface area contributed by atoms with Gasteiger partial charge in [0.15, 0.2) is 0 Å². The highest BCUT2D eigenvalue weighted by atomic mass is 15.3. The van der Waals surface area contributed by atoms with E-state index in [-0.39, 0.29) is 5.54 Å². The molecule has 1 rings (SSSR count). The molecule has 0 amide bonds. The van der Waals surface area contributed by atoms with Crippen molar-refractivity contribution in [3.63, 3.8) is 0 Å². The van der Waals surface area contributed by atoms with E-state index in [1.807, 2.05) is 6.08 Å². The standard InChI is InChI=1S/C10H19N3/c1-10(12-11)7-5-4-6-9(10)8-13(2)3/h4-7,9,12H,8,11H2,1-3H3. The van der Waals surface area contributed by atoms with Crippen LogP contribution in [0, 0.1) is 5.92 Å². The van der Waals surface area contributed by atoms with Crippen LogP contribution >= 0.6 is 0 Å². The molecule has 3 N–H and O–H groups in total. The lowest BCUT2D eigenvalue weighted by molar-refractivity contribution is 0.261. The van der Waals surface area contributed by atoms with Crippen molar-refractivity contribution in [1.29, 1.82) is 0 Å². The minimum absolute atomic E-state index is 0.112. The van der Waals surface area contributed by atoms with Crippen LogP contribution in [-0.4, -0.2) is 31.1 Å². The van der Waals surface area contributed by atoms with Gasteiger partial charge in [-0.3, -0.25) is 11.3 Å². The van der Waals surface area contributed by atoms with Crippen LogP contribution in [0.15, 0.2) is 24.3 Å². The number of hydrazine groups is 1. The van der Waals surface area contributed by atoms with Gasteiger partial charge in [-0.15, -0.1) is 0 Å². The van der Waals surface area contributed by atoms with E-state index >= 15 is 0 Å². The van der Waals surface area contributed by atoms with Gasteiger partial charge in [-0.25, -0.2) is 0 Å². The van der Waals surface area contributed by atoms with Gasteiger partial charge in [0.1, 0.15) is 0 Å². The van der Waals surface area contributed by atoms with E-state index in [2.05, 4.69) is 49.6 Å². The van der Waals surface area contributed by atoms with Crippen molar-refractivity contribution in [2.75, 3.05) is 20.6 Å². The molecule has 0 aliphatic heterocycles. The molecule has 3 nitrogen and oxygen atoms in total. The zero-order valence-electron chi connectivity index (χ0n) is 8.62. The molecular formula is C10H19N3. The Labute approximate surface area is 80.3 Å². The molecule has 3 heteroatoms. The summed E-state index contributed by atoms with van der Waals surface area (Å²) in [7, 11) is 4.15. The Morgan fingerprint density at radius 2 is 2.15 bits per heavy atom. The summed E-state index contributed by atoms with van der Waals surface area (Å²) in [6.07, 6.45) is 8.42. The van der Waals surface area contributed by atoms with Crippen molar-refractivity contribution in [2.24, 2.45) is 11.8 Å². The fourth-order valence-electron chi connectivity index (χ4n) is 1.58. The summed E-state index contributed by atoms with van der Waals surface area (Å²) < 4.78 is 0. The van der Waals surface area contributed by atoms with Crippen molar-refractivity contribution in [2.45, 2.75) is 12.5 Å². The van der Waals surface area contributed by atoms with E-state index in [9.17, 15) is 0 Å². The van der Waals surface area contributed by atoms with Crippen molar-refractivity contribution in [1.82, 2.24) is 10.3 Å². The third kappa shape index (κ3) is 2.40. The average Bonchev–Trinajstić information content (AvgIpc) is 2.09. The van der Waals surface area contributed by atoms with Gasteiger partial charge in [-0.1, -0.05) is 24.3 Å². The fraction of sp³-hybridized carbons (Fsp3) is 0.600. The molecule has 0 aromatic rings. The maximum Gasteiger partial charge on any atom is 0.0550 e. The van der Waals surface area contributed by atoms with Crippen LogP contribution in [0.5, 0.6) is 0 Å². The molecule has 0 aromatic carbocycles. The summed E-state index contributed by atoms with van der Waals surface area (Å²) in [5, 5.41) is 0. The van der Waals surface area contributed by atoms with Crippen molar-refractivity contribution in [3.05, 3.63) is 24.3 Å². The topological polar surface area (TPSA) is 41.3 Å². The summed E-state index contributed by atoms with van der Waals surface area (Å²) in [5.41, 5.74) is 2.76. The van der Waals surface area contributed by atoms with Crippen LogP contribution in [0.1, 0.15) is 6.92 Å². The molecule has 74 valence electrons. The zero-order valence-corrected chi connectivity index (χ0v) is 8.62. The van der Waals surface area contributed by atoms with E-state index in [4.69, 9.17) is 5.84 Å². The Bertz CT molecular complexity index is 220. The normalized spacial score (nSPS) is 32.8. The molecule has 2 atom stereocenters. The molecule has 0 saturated carbocycles.